The van der Waals surface area contributed by atoms with Gasteiger partial charge in [-0.05, 0) is 65.8 Å². The third-order valence-corrected chi connectivity index (χ3v) is 5.92. The monoisotopic (exact) mass is 347 g/mol. The Hall–Kier alpha value is 0.390. The van der Waals surface area contributed by atoms with Gasteiger partial charge in [0.25, 0.3) is 0 Å². The highest BCUT2D eigenvalue weighted by Crippen LogP contribution is 2.40. The fraction of sp³-hybridized carbons (Fsp3) is 0.692. The predicted molar refractivity (Wildman–Crippen MR) is 78.0 cm³/mol. The number of halogens is 1. The molecule has 0 amide bonds. The van der Waals surface area contributed by atoms with Crippen LogP contribution in [0.5, 0.6) is 0 Å². The molecule has 1 fully saturated rings. The van der Waals surface area contributed by atoms with Crippen molar-refractivity contribution in [2.75, 3.05) is 0 Å². The molecular weight excluding hydrogens is 329 g/mol. The molecule has 0 saturated heterocycles. The molecule has 1 heterocycles. The van der Waals surface area contributed by atoms with Crippen LogP contribution in [0.1, 0.15) is 49.1 Å². The minimum absolute atomic E-state index is 0.657. The van der Waals surface area contributed by atoms with Crippen molar-refractivity contribution >= 4 is 33.9 Å². The fourth-order valence-electron chi connectivity index (χ4n) is 2.86. The third-order valence-electron chi connectivity index (χ3n) is 3.95. The van der Waals surface area contributed by atoms with Crippen LogP contribution in [0.4, 0.5) is 0 Å². The highest BCUT2D eigenvalue weighted by Gasteiger charge is 2.37. The summed E-state index contributed by atoms with van der Waals surface area (Å²) in [6, 6.07) is 3.88. The van der Waals surface area contributed by atoms with Crippen LogP contribution in [-0.2, 0) is 6.42 Å². The van der Waals surface area contributed by atoms with Crippen LogP contribution < -0.4 is 5.32 Å². The summed E-state index contributed by atoms with van der Waals surface area (Å²) in [5.74, 6) is 0.961. The second-order valence-electron chi connectivity index (χ2n) is 5.05. The Labute approximate surface area is 115 Å². The molecule has 2 aliphatic carbocycles. The van der Waals surface area contributed by atoms with Gasteiger partial charge >= 0.3 is 0 Å². The molecule has 3 heteroatoms. The van der Waals surface area contributed by atoms with Crippen molar-refractivity contribution in [2.24, 2.45) is 5.92 Å². The van der Waals surface area contributed by atoms with Gasteiger partial charge in [0.15, 0.2) is 0 Å². The zero-order chi connectivity index (χ0) is 11.1. The molecule has 3 unspecified atom stereocenters. The standard InChI is InChI=1S/C13H18INS/c1-2-8-6-11(8)15-10-4-3-5-12-9(10)7-13(14)16-12/h7-8,10-11,15H,2-6H2,1H3. The maximum absolute atomic E-state index is 3.87. The first-order valence-corrected chi connectivity index (χ1v) is 8.21. The van der Waals surface area contributed by atoms with Gasteiger partial charge in [-0.15, -0.1) is 11.3 Å². The molecule has 0 bridgehead atoms. The second-order valence-corrected chi connectivity index (χ2v) is 8.08. The highest BCUT2D eigenvalue weighted by molar-refractivity contribution is 14.1. The topological polar surface area (TPSA) is 12.0 Å². The van der Waals surface area contributed by atoms with Gasteiger partial charge in [-0.2, -0.15) is 0 Å². The Balaban J connectivity index is 1.72. The zero-order valence-electron chi connectivity index (χ0n) is 9.63. The van der Waals surface area contributed by atoms with Crippen LogP contribution in [0, 0.1) is 8.80 Å². The van der Waals surface area contributed by atoms with E-state index in [1.54, 1.807) is 10.4 Å². The quantitative estimate of drug-likeness (QED) is 0.811. The fourth-order valence-corrected chi connectivity index (χ4v) is 4.98. The minimum atomic E-state index is 0.657. The van der Waals surface area contributed by atoms with E-state index in [0.29, 0.717) is 6.04 Å². The molecule has 88 valence electrons. The number of hydrogen-bond acceptors (Lipinski definition) is 2. The smallest absolute Gasteiger partial charge is 0.0659 e. The van der Waals surface area contributed by atoms with Crippen LogP contribution in [0.25, 0.3) is 0 Å². The van der Waals surface area contributed by atoms with Crippen molar-refractivity contribution in [3.8, 4) is 0 Å². The predicted octanol–water partition coefficient (Wildman–Crippen LogP) is 4.12. The summed E-state index contributed by atoms with van der Waals surface area (Å²) in [5, 5.41) is 3.87. The molecule has 0 radical (unpaired) electrons. The average Bonchev–Trinajstić information content (AvgIpc) is 2.90. The molecule has 1 aromatic rings. The van der Waals surface area contributed by atoms with Gasteiger partial charge in [0.1, 0.15) is 0 Å². The van der Waals surface area contributed by atoms with E-state index < -0.39 is 0 Å². The maximum atomic E-state index is 3.87. The number of thiophene rings is 1. The van der Waals surface area contributed by atoms with Crippen molar-refractivity contribution in [3.05, 3.63) is 19.4 Å². The molecule has 3 rings (SSSR count). The molecule has 1 aromatic heterocycles. The SMILES string of the molecule is CCC1CC1NC1CCCc2sc(I)cc21. The van der Waals surface area contributed by atoms with Crippen LogP contribution in [-0.4, -0.2) is 6.04 Å². The summed E-state index contributed by atoms with van der Waals surface area (Å²) in [6.45, 7) is 2.31. The lowest BCUT2D eigenvalue weighted by Gasteiger charge is -2.24. The molecule has 2 aliphatic rings. The van der Waals surface area contributed by atoms with Crippen LogP contribution in [0.2, 0.25) is 0 Å². The first kappa shape index (κ1) is 11.5. The van der Waals surface area contributed by atoms with Gasteiger partial charge in [0, 0.05) is 17.0 Å². The molecule has 3 atom stereocenters. The Bertz CT molecular complexity index is 387. The van der Waals surface area contributed by atoms with Gasteiger partial charge in [-0.1, -0.05) is 13.3 Å². The van der Waals surface area contributed by atoms with E-state index in [1.165, 1.54) is 35.0 Å². The summed E-state index contributed by atoms with van der Waals surface area (Å²) in [4.78, 5) is 1.64. The summed E-state index contributed by atoms with van der Waals surface area (Å²) in [6.07, 6.45) is 6.77. The van der Waals surface area contributed by atoms with E-state index in [-0.39, 0.29) is 0 Å². The van der Waals surface area contributed by atoms with Gasteiger partial charge in [0.05, 0.1) is 2.88 Å². The lowest BCUT2D eigenvalue weighted by molar-refractivity contribution is 0.448. The summed E-state index contributed by atoms with van der Waals surface area (Å²) in [7, 11) is 0. The molecule has 0 aliphatic heterocycles. The van der Waals surface area contributed by atoms with E-state index in [1.807, 2.05) is 11.3 Å². The summed E-state index contributed by atoms with van der Waals surface area (Å²) in [5.41, 5.74) is 1.61. The first-order chi connectivity index (χ1) is 7.78. The molecule has 1 nitrogen and oxygen atoms in total. The van der Waals surface area contributed by atoms with E-state index in [0.717, 1.165) is 12.0 Å². The lowest BCUT2D eigenvalue weighted by Crippen LogP contribution is -2.27. The second kappa shape index (κ2) is 4.58. The number of hydrogen-bond donors (Lipinski definition) is 1. The van der Waals surface area contributed by atoms with Crippen LogP contribution in [0.3, 0.4) is 0 Å². The molecule has 1 N–H and O–H groups in total. The number of rotatable bonds is 3. The normalized spacial score (nSPS) is 32.5. The number of fused-ring (bicyclic) bond motifs is 1. The highest BCUT2D eigenvalue weighted by atomic mass is 127. The van der Waals surface area contributed by atoms with Gasteiger partial charge < -0.3 is 5.32 Å². The van der Waals surface area contributed by atoms with Crippen molar-refractivity contribution < 1.29 is 0 Å². The lowest BCUT2D eigenvalue weighted by atomic mass is 9.94. The van der Waals surface area contributed by atoms with E-state index in [9.17, 15) is 0 Å². The molecular formula is C13H18INS. The minimum Gasteiger partial charge on any atom is -0.307 e. The Kier molecular flexibility index (Phi) is 3.28. The van der Waals surface area contributed by atoms with Crippen molar-refractivity contribution in [3.63, 3.8) is 0 Å². The average molecular weight is 347 g/mol. The van der Waals surface area contributed by atoms with Crippen LogP contribution in [0.15, 0.2) is 6.07 Å². The Morgan fingerprint density at radius 1 is 1.56 bits per heavy atom. The number of nitrogens with one attached hydrogen (secondary N) is 1. The third kappa shape index (κ3) is 2.18. The maximum Gasteiger partial charge on any atom is 0.0659 e. The number of aryl methyl sites for hydroxylation is 1. The summed E-state index contributed by atoms with van der Waals surface area (Å²) >= 11 is 4.46. The van der Waals surface area contributed by atoms with Crippen molar-refractivity contribution in [1.82, 2.24) is 5.32 Å². The largest absolute Gasteiger partial charge is 0.307 e. The summed E-state index contributed by atoms with van der Waals surface area (Å²) < 4.78 is 1.46. The Morgan fingerprint density at radius 2 is 2.44 bits per heavy atom. The van der Waals surface area contributed by atoms with Crippen molar-refractivity contribution in [1.29, 1.82) is 0 Å². The van der Waals surface area contributed by atoms with E-state index >= 15 is 0 Å². The van der Waals surface area contributed by atoms with Gasteiger partial charge in [0.2, 0.25) is 0 Å². The van der Waals surface area contributed by atoms with Crippen molar-refractivity contribution in [2.45, 2.75) is 51.1 Å². The van der Waals surface area contributed by atoms with Crippen LogP contribution >= 0.6 is 33.9 Å². The van der Waals surface area contributed by atoms with E-state index in [2.05, 4.69) is 40.9 Å². The zero-order valence-corrected chi connectivity index (χ0v) is 12.6. The van der Waals surface area contributed by atoms with Gasteiger partial charge in [-0.25, -0.2) is 0 Å². The molecule has 0 spiro atoms. The molecule has 1 saturated carbocycles. The molecule has 0 aromatic carbocycles. The molecule has 16 heavy (non-hydrogen) atoms. The van der Waals surface area contributed by atoms with E-state index in [4.69, 9.17) is 0 Å². The Morgan fingerprint density at radius 3 is 3.19 bits per heavy atom. The van der Waals surface area contributed by atoms with Gasteiger partial charge in [-0.3, -0.25) is 0 Å². The first-order valence-electron chi connectivity index (χ1n) is 6.32.